The summed E-state index contributed by atoms with van der Waals surface area (Å²) in [5.74, 6) is -0.392. The molecule has 0 bridgehead atoms. The van der Waals surface area contributed by atoms with Gasteiger partial charge < -0.3 is 20.4 Å². The Morgan fingerprint density at radius 3 is 2.59 bits per heavy atom. The van der Waals surface area contributed by atoms with E-state index in [2.05, 4.69) is 15.6 Å². The Kier molecular flexibility index (Phi) is 4.57. The van der Waals surface area contributed by atoms with E-state index in [9.17, 15) is 14.4 Å². The van der Waals surface area contributed by atoms with E-state index >= 15 is 0 Å². The van der Waals surface area contributed by atoms with Crippen molar-refractivity contribution in [1.29, 1.82) is 0 Å². The molecule has 3 N–H and O–H groups in total. The van der Waals surface area contributed by atoms with E-state index in [1.54, 1.807) is 24.3 Å². The number of carbonyl (C=O) groups is 2. The lowest BCUT2D eigenvalue weighted by molar-refractivity contribution is -0.114. The van der Waals surface area contributed by atoms with Gasteiger partial charge in [-0.3, -0.25) is 14.4 Å². The number of hydrogen-bond acceptors (Lipinski definition) is 4. The summed E-state index contributed by atoms with van der Waals surface area (Å²) in [6.45, 7) is 1.38. The normalized spacial score (nSPS) is 9.91. The SMILES string of the molecule is COc1ccc(NC(C)=O)cc1NC(=O)c1ccc[nH]c1=O. The predicted octanol–water partition coefficient (Wildman–Crippen LogP) is 1.59. The van der Waals surface area contributed by atoms with Crippen LogP contribution >= 0.6 is 0 Å². The van der Waals surface area contributed by atoms with Crippen LogP contribution in [-0.4, -0.2) is 23.9 Å². The molecule has 22 heavy (non-hydrogen) atoms. The van der Waals surface area contributed by atoms with Crippen molar-refractivity contribution in [3.05, 3.63) is 52.4 Å². The van der Waals surface area contributed by atoms with Crippen LogP contribution in [0, 0.1) is 0 Å². The van der Waals surface area contributed by atoms with Crippen LogP contribution in [0.3, 0.4) is 0 Å². The zero-order valence-electron chi connectivity index (χ0n) is 12.1. The van der Waals surface area contributed by atoms with Crippen molar-refractivity contribution in [2.24, 2.45) is 0 Å². The standard InChI is InChI=1S/C15H15N3O4/c1-9(19)17-10-5-6-13(22-2)12(8-10)18-15(21)11-4-3-7-16-14(11)20/h3-8H,1-2H3,(H,16,20)(H,17,19)(H,18,21). The molecule has 7 nitrogen and oxygen atoms in total. The number of amides is 2. The summed E-state index contributed by atoms with van der Waals surface area (Å²) >= 11 is 0. The second kappa shape index (κ2) is 6.57. The highest BCUT2D eigenvalue weighted by Crippen LogP contribution is 2.28. The number of aromatic nitrogens is 1. The van der Waals surface area contributed by atoms with Crippen LogP contribution in [0.1, 0.15) is 17.3 Å². The van der Waals surface area contributed by atoms with Gasteiger partial charge >= 0.3 is 0 Å². The minimum atomic E-state index is -0.569. The molecule has 1 aromatic carbocycles. The number of pyridine rings is 1. The molecular formula is C15H15N3O4. The van der Waals surface area contributed by atoms with Crippen molar-refractivity contribution in [2.75, 3.05) is 17.7 Å². The summed E-state index contributed by atoms with van der Waals surface area (Å²) in [7, 11) is 1.46. The quantitative estimate of drug-likeness (QED) is 0.798. The van der Waals surface area contributed by atoms with E-state index in [1.165, 1.54) is 26.3 Å². The van der Waals surface area contributed by atoms with Gasteiger partial charge in [0, 0.05) is 18.8 Å². The van der Waals surface area contributed by atoms with Crippen LogP contribution in [0.15, 0.2) is 41.3 Å². The number of rotatable bonds is 4. The number of H-pyrrole nitrogens is 1. The molecular weight excluding hydrogens is 286 g/mol. The van der Waals surface area contributed by atoms with Gasteiger partial charge in [0.25, 0.3) is 11.5 Å². The van der Waals surface area contributed by atoms with Crippen molar-refractivity contribution < 1.29 is 14.3 Å². The summed E-state index contributed by atoms with van der Waals surface area (Å²) in [6, 6.07) is 7.77. The molecule has 0 saturated carbocycles. The molecule has 1 aromatic heterocycles. The average Bonchev–Trinajstić information content (AvgIpc) is 2.47. The van der Waals surface area contributed by atoms with E-state index < -0.39 is 11.5 Å². The molecule has 0 saturated heterocycles. The van der Waals surface area contributed by atoms with Crippen LogP contribution in [0.2, 0.25) is 0 Å². The van der Waals surface area contributed by atoms with Gasteiger partial charge in [-0.25, -0.2) is 0 Å². The number of carbonyl (C=O) groups excluding carboxylic acids is 2. The molecule has 0 aliphatic heterocycles. The smallest absolute Gasteiger partial charge is 0.261 e. The van der Waals surface area contributed by atoms with Gasteiger partial charge in [-0.2, -0.15) is 0 Å². The first-order valence-electron chi connectivity index (χ1n) is 6.46. The molecule has 1 heterocycles. The number of aromatic amines is 1. The molecule has 0 radical (unpaired) electrons. The first-order chi connectivity index (χ1) is 10.5. The summed E-state index contributed by atoms with van der Waals surface area (Å²) < 4.78 is 5.16. The zero-order chi connectivity index (χ0) is 16.1. The number of ether oxygens (including phenoxy) is 1. The van der Waals surface area contributed by atoms with Gasteiger partial charge in [0.2, 0.25) is 5.91 Å². The third kappa shape index (κ3) is 3.51. The average molecular weight is 301 g/mol. The molecule has 7 heteroatoms. The van der Waals surface area contributed by atoms with E-state index in [1.807, 2.05) is 0 Å². The van der Waals surface area contributed by atoms with Gasteiger partial charge in [0.05, 0.1) is 12.8 Å². The number of nitrogens with one attached hydrogen (secondary N) is 3. The Labute approximate surface area is 126 Å². The Morgan fingerprint density at radius 2 is 1.95 bits per heavy atom. The minimum absolute atomic E-state index is 0.0190. The summed E-state index contributed by atoms with van der Waals surface area (Å²) in [6.07, 6.45) is 1.44. The maximum absolute atomic E-state index is 12.2. The topological polar surface area (TPSA) is 100 Å². The summed E-state index contributed by atoms with van der Waals surface area (Å²) in [5.41, 5.74) is 0.346. The second-order valence-corrected chi connectivity index (χ2v) is 4.46. The van der Waals surface area contributed by atoms with E-state index in [4.69, 9.17) is 4.74 Å². The first-order valence-corrected chi connectivity index (χ1v) is 6.46. The molecule has 2 rings (SSSR count). The Hall–Kier alpha value is -3.09. The maximum atomic E-state index is 12.2. The monoisotopic (exact) mass is 301 g/mol. The largest absolute Gasteiger partial charge is 0.495 e. The predicted molar refractivity (Wildman–Crippen MR) is 82.3 cm³/mol. The van der Waals surface area contributed by atoms with Crippen molar-refractivity contribution in [1.82, 2.24) is 4.98 Å². The highest BCUT2D eigenvalue weighted by atomic mass is 16.5. The molecule has 0 aliphatic rings. The fourth-order valence-electron chi connectivity index (χ4n) is 1.88. The molecule has 2 amide bonds. The van der Waals surface area contributed by atoms with Crippen molar-refractivity contribution in [3.63, 3.8) is 0 Å². The van der Waals surface area contributed by atoms with Crippen molar-refractivity contribution >= 4 is 23.2 Å². The van der Waals surface area contributed by atoms with Crippen LogP contribution < -0.4 is 20.9 Å². The number of methoxy groups -OCH3 is 1. The number of benzene rings is 1. The summed E-state index contributed by atoms with van der Waals surface area (Å²) in [4.78, 5) is 37.3. The van der Waals surface area contributed by atoms with Crippen molar-refractivity contribution in [2.45, 2.75) is 6.92 Å². The lowest BCUT2D eigenvalue weighted by Gasteiger charge is -2.12. The molecule has 114 valence electrons. The molecule has 0 spiro atoms. The third-order valence-electron chi connectivity index (χ3n) is 2.83. The third-order valence-corrected chi connectivity index (χ3v) is 2.83. The van der Waals surface area contributed by atoms with Crippen molar-refractivity contribution in [3.8, 4) is 5.75 Å². The lowest BCUT2D eigenvalue weighted by atomic mass is 10.2. The Balaban J connectivity index is 2.31. The molecule has 0 aliphatic carbocycles. The van der Waals surface area contributed by atoms with Gasteiger partial charge in [-0.15, -0.1) is 0 Å². The number of hydrogen-bond donors (Lipinski definition) is 3. The van der Waals surface area contributed by atoms with E-state index in [0.717, 1.165) is 0 Å². The Morgan fingerprint density at radius 1 is 1.18 bits per heavy atom. The van der Waals surface area contributed by atoms with Gasteiger partial charge in [-0.1, -0.05) is 0 Å². The number of anilines is 2. The zero-order valence-corrected chi connectivity index (χ0v) is 12.1. The maximum Gasteiger partial charge on any atom is 0.261 e. The van der Waals surface area contributed by atoms with Gasteiger partial charge in [0.15, 0.2) is 0 Å². The van der Waals surface area contributed by atoms with Crippen LogP contribution in [0.25, 0.3) is 0 Å². The summed E-state index contributed by atoms with van der Waals surface area (Å²) in [5, 5.41) is 5.20. The van der Waals surface area contributed by atoms with E-state index in [0.29, 0.717) is 17.1 Å². The fraction of sp³-hybridized carbons (Fsp3) is 0.133. The van der Waals surface area contributed by atoms with Crippen LogP contribution in [-0.2, 0) is 4.79 Å². The van der Waals surface area contributed by atoms with Gasteiger partial charge in [-0.05, 0) is 30.3 Å². The van der Waals surface area contributed by atoms with Crippen LogP contribution in [0.5, 0.6) is 5.75 Å². The Bertz CT molecular complexity index is 767. The molecule has 0 unspecified atom stereocenters. The molecule has 0 atom stereocenters. The highest BCUT2D eigenvalue weighted by Gasteiger charge is 2.13. The fourth-order valence-corrected chi connectivity index (χ4v) is 1.88. The first kappa shape index (κ1) is 15.3. The second-order valence-electron chi connectivity index (χ2n) is 4.46. The van der Waals surface area contributed by atoms with Crippen LogP contribution in [0.4, 0.5) is 11.4 Å². The van der Waals surface area contributed by atoms with E-state index in [-0.39, 0.29) is 11.5 Å². The molecule has 0 fully saturated rings. The lowest BCUT2D eigenvalue weighted by Crippen LogP contribution is -2.22. The van der Waals surface area contributed by atoms with Gasteiger partial charge in [0.1, 0.15) is 11.3 Å². The highest BCUT2D eigenvalue weighted by molar-refractivity contribution is 6.05. The minimum Gasteiger partial charge on any atom is -0.495 e. The molecule has 2 aromatic rings.